The maximum atomic E-state index is 13.1. The van der Waals surface area contributed by atoms with Crippen molar-refractivity contribution in [2.75, 3.05) is 39.3 Å². The lowest BCUT2D eigenvalue weighted by Crippen LogP contribution is -2.51. The second-order valence-corrected chi connectivity index (χ2v) is 11.1. The van der Waals surface area contributed by atoms with Gasteiger partial charge in [0.1, 0.15) is 5.75 Å². The van der Waals surface area contributed by atoms with Gasteiger partial charge in [-0.1, -0.05) is 12.1 Å². The van der Waals surface area contributed by atoms with Gasteiger partial charge < -0.3 is 28.6 Å². The Hall–Kier alpha value is -3.32. The Kier molecular flexibility index (Phi) is 7.96. The predicted molar refractivity (Wildman–Crippen MR) is 136 cm³/mol. The van der Waals surface area contributed by atoms with Crippen LogP contribution in [0.15, 0.2) is 36.8 Å². The summed E-state index contributed by atoms with van der Waals surface area (Å²) in [4.78, 5) is 35.6. The van der Waals surface area contributed by atoms with E-state index in [1.54, 1.807) is 23.9 Å². The number of piperidine rings is 1. The Morgan fingerprint density at radius 2 is 1.82 bits per heavy atom. The third kappa shape index (κ3) is 7.05. The summed E-state index contributed by atoms with van der Waals surface area (Å²) >= 11 is 0. The molecule has 4 unspecified atom stereocenters. The molecule has 10 nitrogen and oxygen atoms in total. The molecule has 0 spiro atoms. The topological polar surface area (TPSA) is 89.4 Å². The van der Waals surface area contributed by atoms with Crippen molar-refractivity contribution in [2.24, 2.45) is 24.8 Å². The van der Waals surface area contributed by atoms with E-state index >= 15 is 0 Å². The van der Waals surface area contributed by atoms with Crippen LogP contribution >= 0.6 is 0 Å². The summed E-state index contributed by atoms with van der Waals surface area (Å²) in [7, 11) is 1.75. The van der Waals surface area contributed by atoms with Crippen LogP contribution in [0.25, 0.3) is 0 Å². The van der Waals surface area contributed by atoms with Gasteiger partial charge in [0.05, 0.1) is 31.3 Å². The molecule has 1 aromatic carbocycles. The van der Waals surface area contributed by atoms with Crippen LogP contribution in [0.4, 0.5) is 18.0 Å². The molecule has 1 saturated carbocycles. The highest BCUT2D eigenvalue weighted by molar-refractivity contribution is 5.78. The SMILES string of the molecule is CC1CN(C(=O)CN2CC3C(C2)C3CN(Cc2cccc(OC(F)(F)F)c2)C(=O)Oc2cn(C)cn2)CC(C)O1. The number of hydrogen-bond acceptors (Lipinski definition) is 7. The van der Waals surface area contributed by atoms with Gasteiger partial charge in [0.25, 0.3) is 0 Å². The van der Waals surface area contributed by atoms with Gasteiger partial charge in [-0.05, 0) is 49.3 Å². The molecule has 2 amide bonds. The predicted octanol–water partition coefficient (Wildman–Crippen LogP) is 3.13. The molecule has 1 aromatic heterocycles. The Morgan fingerprint density at radius 3 is 2.45 bits per heavy atom. The maximum Gasteiger partial charge on any atom is 0.573 e. The van der Waals surface area contributed by atoms with Gasteiger partial charge in [-0.25, -0.2) is 9.78 Å². The highest BCUT2D eigenvalue weighted by Crippen LogP contribution is 2.52. The number of benzene rings is 1. The van der Waals surface area contributed by atoms with Gasteiger partial charge in [0, 0.05) is 46.3 Å². The van der Waals surface area contributed by atoms with Gasteiger partial charge in [-0.3, -0.25) is 9.69 Å². The van der Waals surface area contributed by atoms with Gasteiger partial charge in [-0.15, -0.1) is 13.2 Å². The Morgan fingerprint density at radius 1 is 1.12 bits per heavy atom. The number of nitrogens with zero attached hydrogens (tertiary/aromatic N) is 5. The van der Waals surface area contributed by atoms with Crippen molar-refractivity contribution in [3.05, 3.63) is 42.4 Å². The number of carbonyl (C=O) groups is 2. The Bertz CT molecular complexity index is 1200. The molecule has 0 N–H and O–H groups in total. The van der Waals surface area contributed by atoms with Crippen LogP contribution in [0.3, 0.4) is 0 Å². The summed E-state index contributed by atoms with van der Waals surface area (Å²) in [5.41, 5.74) is 0.478. The number of carbonyl (C=O) groups excluding carboxylic acids is 2. The molecule has 2 saturated heterocycles. The van der Waals surface area contributed by atoms with Gasteiger partial charge in [0.15, 0.2) is 0 Å². The second kappa shape index (κ2) is 11.3. The smallest absolute Gasteiger partial charge is 0.406 e. The first-order chi connectivity index (χ1) is 18.9. The summed E-state index contributed by atoms with van der Waals surface area (Å²) in [5, 5.41) is 0. The Balaban J connectivity index is 1.20. The fraction of sp³-hybridized carbons (Fsp3) is 0.593. The van der Waals surface area contributed by atoms with E-state index < -0.39 is 12.5 Å². The zero-order valence-corrected chi connectivity index (χ0v) is 22.7. The third-order valence-corrected chi connectivity index (χ3v) is 7.65. The minimum absolute atomic E-state index is 0.0154. The highest BCUT2D eigenvalue weighted by Gasteiger charge is 2.56. The van der Waals surface area contributed by atoms with Crippen LogP contribution in [0.1, 0.15) is 19.4 Å². The summed E-state index contributed by atoms with van der Waals surface area (Å²) in [6, 6.07) is 5.57. The molecule has 2 aliphatic heterocycles. The average molecular weight is 566 g/mol. The van der Waals surface area contributed by atoms with Crippen molar-refractivity contribution >= 4 is 12.0 Å². The fourth-order valence-electron chi connectivity index (χ4n) is 5.92. The first-order valence-corrected chi connectivity index (χ1v) is 13.4. The van der Waals surface area contributed by atoms with E-state index in [0.717, 1.165) is 13.1 Å². The normalized spacial score (nSPS) is 26.4. The maximum absolute atomic E-state index is 13.1. The van der Waals surface area contributed by atoms with Crippen molar-refractivity contribution in [2.45, 2.75) is 39.0 Å². The van der Waals surface area contributed by atoms with Gasteiger partial charge in [0.2, 0.25) is 11.8 Å². The number of alkyl halides is 3. The minimum Gasteiger partial charge on any atom is -0.406 e. The van der Waals surface area contributed by atoms with E-state index in [1.165, 1.54) is 29.4 Å². The van der Waals surface area contributed by atoms with Crippen molar-refractivity contribution in [3.63, 3.8) is 0 Å². The van der Waals surface area contributed by atoms with E-state index in [0.29, 0.717) is 43.6 Å². The molecular formula is C27H34F3N5O5. The third-order valence-electron chi connectivity index (χ3n) is 7.65. The largest absolute Gasteiger partial charge is 0.573 e. The molecule has 3 heterocycles. The van der Waals surface area contributed by atoms with E-state index in [1.807, 2.05) is 18.7 Å². The van der Waals surface area contributed by atoms with Crippen LogP contribution in [0.2, 0.25) is 0 Å². The molecule has 3 aliphatic rings. The number of morpholine rings is 1. The number of hydrogen-bond donors (Lipinski definition) is 0. The first-order valence-electron chi connectivity index (χ1n) is 13.4. The molecule has 40 heavy (non-hydrogen) atoms. The minimum atomic E-state index is -4.81. The summed E-state index contributed by atoms with van der Waals surface area (Å²) in [6.07, 6.45) is -2.35. The Labute approximate surface area is 230 Å². The number of aryl methyl sites for hydroxylation is 1. The monoisotopic (exact) mass is 565 g/mol. The standard InChI is InChI=1S/C27H34F3N5O5/c1-17-8-34(9-18(2)38-17)25(36)15-33-11-21-22(12-33)23(21)13-35(26(37)39-24-14-32(3)16-31-24)10-19-5-4-6-20(7-19)40-27(28,29)30/h4-7,14,16-18,21-23H,8-13,15H2,1-3H3. The molecule has 1 aliphatic carbocycles. The van der Waals surface area contributed by atoms with E-state index in [-0.39, 0.29) is 42.2 Å². The van der Waals surface area contributed by atoms with Crippen LogP contribution in [-0.4, -0.2) is 94.1 Å². The van der Waals surface area contributed by atoms with E-state index in [9.17, 15) is 22.8 Å². The molecule has 13 heteroatoms. The van der Waals surface area contributed by atoms with Gasteiger partial charge >= 0.3 is 12.5 Å². The average Bonchev–Trinajstić information content (AvgIpc) is 3.15. The number of fused-ring (bicyclic) bond motifs is 1. The van der Waals surface area contributed by atoms with Crippen molar-refractivity contribution < 1.29 is 37.0 Å². The highest BCUT2D eigenvalue weighted by atomic mass is 19.4. The molecule has 5 rings (SSSR count). The zero-order chi connectivity index (χ0) is 28.6. The summed E-state index contributed by atoms with van der Waals surface area (Å²) in [5.74, 6) is 0.762. The van der Waals surface area contributed by atoms with Crippen LogP contribution in [0, 0.1) is 17.8 Å². The number of likely N-dealkylation sites (tertiary alicyclic amines) is 1. The molecule has 2 aromatic rings. The molecular weight excluding hydrogens is 531 g/mol. The summed E-state index contributed by atoms with van der Waals surface area (Å²) < 4.78 is 55.0. The molecule has 3 fully saturated rings. The lowest BCUT2D eigenvalue weighted by molar-refractivity contribution is -0.274. The number of aromatic nitrogens is 2. The van der Waals surface area contributed by atoms with Crippen molar-refractivity contribution in [3.8, 4) is 11.6 Å². The van der Waals surface area contributed by atoms with Crippen molar-refractivity contribution in [1.29, 1.82) is 0 Å². The first kappa shape index (κ1) is 28.2. The van der Waals surface area contributed by atoms with Crippen LogP contribution in [-0.2, 0) is 23.1 Å². The van der Waals surface area contributed by atoms with Crippen molar-refractivity contribution in [1.82, 2.24) is 24.3 Å². The number of amides is 2. The molecule has 4 atom stereocenters. The quantitative estimate of drug-likeness (QED) is 0.486. The lowest BCUT2D eigenvalue weighted by Gasteiger charge is -2.36. The van der Waals surface area contributed by atoms with Crippen LogP contribution in [0.5, 0.6) is 11.6 Å². The van der Waals surface area contributed by atoms with Gasteiger partial charge in [-0.2, -0.15) is 0 Å². The van der Waals surface area contributed by atoms with E-state index in [2.05, 4.69) is 14.6 Å². The van der Waals surface area contributed by atoms with Crippen LogP contribution < -0.4 is 9.47 Å². The second-order valence-electron chi connectivity index (χ2n) is 11.1. The molecule has 218 valence electrons. The number of halogens is 3. The molecule has 0 radical (unpaired) electrons. The zero-order valence-electron chi connectivity index (χ0n) is 22.7. The number of rotatable bonds is 8. The summed E-state index contributed by atoms with van der Waals surface area (Å²) in [6.45, 7) is 7.42. The van der Waals surface area contributed by atoms with E-state index in [4.69, 9.17) is 9.47 Å². The lowest BCUT2D eigenvalue weighted by atomic mass is 10.2. The number of imidazole rings is 1. The fourth-order valence-corrected chi connectivity index (χ4v) is 5.92. The molecule has 0 bridgehead atoms. The number of ether oxygens (including phenoxy) is 3.